The minimum Gasteiger partial charge on any atom is -0.480 e. The molecule has 2 heterocycles. The van der Waals surface area contributed by atoms with E-state index in [1.54, 1.807) is 36.4 Å². The third-order valence-electron chi connectivity index (χ3n) is 3.73. The molecule has 0 amide bonds. The lowest BCUT2D eigenvalue weighted by atomic mass is 10.1. The molecule has 4 aromatic rings. The molecule has 0 radical (unpaired) electrons. The summed E-state index contributed by atoms with van der Waals surface area (Å²) in [4.78, 5) is 11.6. The van der Waals surface area contributed by atoms with Crippen LogP contribution in [0.1, 0.15) is 0 Å². The quantitative estimate of drug-likeness (QED) is 0.462. The molecule has 2 aromatic carbocycles. The third kappa shape index (κ3) is 4.29. The van der Waals surface area contributed by atoms with E-state index in [9.17, 15) is 9.18 Å². The Morgan fingerprint density at radius 1 is 1.21 bits per heavy atom. The van der Waals surface area contributed by atoms with Crippen LogP contribution in [0.2, 0.25) is 0 Å². The highest BCUT2D eigenvalue weighted by Crippen LogP contribution is 2.32. The number of nitrogens with zero attached hydrogens (tertiary/aromatic N) is 5. The van der Waals surface area contributed by atoms with E-state index in [1.165, 1.54) is 12.1 Å². The van der Waals surface area contributed by atoms with Crippen LogP contribution in [-0.4, -0.2) is 36.4 Å². The summed E-state index contributed by atoms with van der Waals surface area (Å²) in [7, 11) is 0. The number of carboxylic acid groups (broad SMARTS) is 1. The van der Waals surface area contributed by atoms with Gasteiger partial charge in [-0.25, -0.2) is 4.39 Å². The average molecular weight is 460 g/mol. The molecule has 0 atom stereocenters. The Bertz CT molecular complexity index is 1180. The number of rotatable bonds is 6. The van der Waals surface area contributed by atoms with Crippen molar-refractivity contribution in [1.29, 1.82) is 0 Å². The summed E-state index contributed by atoms with van der Waals surface area (Å²) in [5.74, 6) is -0.232. The fraction of sp³-hybridized carbons (Fsp3) is 0.0556. The Hall–Kier alpha value is -3.60. The lowest BCUT2D eigenvalue weighted by Crippen LogP contribution is -2.11. The van der Waals surface area contributed by atoms with E-state index in [4.69, 9.17) is 14.4 Å². The maximum Gasteiger partial charge on any atom is 0.327 e. The molecule has 146 valence electrons. The number of carboxylic acids is 1. The lowest BCUT2D eigenvalue weighted by molar-refractivity contribution is -0.138. The second kappa shape index (κ2) is 7.80. The maximum absolute atomic E-state index is 13.4. The van der Waals surface area contributed by atoms with E-state index in [1.807, 2.05) is 0 Å². The second-order valence-corrected chi connectivity index (χ2v) is 6.67. The molecule has 0 unspecified atom stereocenters. The molecule has 0 saturated carbocycles. The number of halogens is 2. The van der Waals surface area contributed by atoms with Gasteiger partial charge in [0.1, 0.15) is 23.0 Å². The van der Waals surface area contributed by atoms with Crippen molar-refractivity contribution in [3.63, 3.8) is 0 Å². The molecule has 1 N–H and O–H groups in total. The van der Waals surface area contributed by atoms with Gasteiger partial charge in [-0.2, -0.15) is 4.80 Å². The monoisotopic (exact) mass is 459 g/mol. The highest BCUT2D eigenvalue weighted by molar-refractivity contribution is 9.10. The third-order valence-corrected chi connectivity index (χ3v) is 4.39. The molecule has 0 aliphatic carbocycles. The standard InChI is InChI=1S/C18H11BrFN5O4/c19-13-6-3-11(20)7-15(13)28-12-4-1-10(2-5-12)14-8-16(29-23-14)18-21-24-25(22-18)9-17(26)27/h1-8H,9H2,(H,26,27). The van der Waals surface area contributed by atoms with Crippen molar-refractivity contribution in [2.45, 2.75) is 6.54 Å². The molecular weight excluding hydrogens is 449 g/mol. The molecule has 0 saturated heterocycles. The van der Waals surface area contributed by atoms with E-state index in [-0.39, 0.29) is 11.6 Å². The summed E-state index contributed by atoms with van der Waals surface area (Å²) in [5.41, 5.74) is 1.26. The topological polar surface area (TPSA) is 116 Å². The number of aromatic nitrogens is 5. The molecule has 9 nitrogen and oxygen atoms in total. The largest absolute Gasteiger partial charge is 0.480 e. The van der Waals surface area contributed by atoms with Crippen molar-refractivity contribution in [3.05, 3.63) is 58.8 Å². The zero-order chi connectivity index (χ0) is 20.4. The van der Waals surface area contributed by atoms with E-state index in [0.717, 1.165) is 10.4 Å². The van der Waals surface area contributed by atoms with Crippen LogP contribution in [0.5, 0.6) is 11.5 Å². The number of hydrogen-bond acceptors (Lipinski definition) is 7. The first-order valence-electron chi connectivity index (χ1n) is 8.18. The first kappa shape index (κ1) is 18.7. The molecule has 4 rings (SSSR count). The van der Waals surface area contributed by atoms with Crippen LogP contribution in [0.3, 0.4) is 0 Å². The molecule has 29 heavy (non-hydrogen) atoms. The molecule has 0 bridgehead atoms. The van der Waals surface area contributed by atoms with Gasteiger partial charge in [0.15, 0.2) is 6.54 Å². The van der Waals surface area contributed by atoms with E-state index >= 15 is 0 Å². The van der Waals surface area contributed by atoms with Crippen LogP contribution in [0.4, 0.5) is 4.39 Å². The van der Waals surface area contributed by atoms with Crippen LogP contribution in [0.25, 0.3) is 22.8 Å². The minimum atomic E-state index is -1.08. The molecule has 0 spiro atoms. The zero-order valence-electron chi connectivity index (χ0n) is 14.5. The van der Waals surface area contributed by atoms with Gasteiger partial charge in [-0.1, -0.05) is 5.16 Å². The van der Waals surface area contributed by atoms with Crippen LogP contribution in [-0.2, 0) is 11.3 Å². The first-order chi connectivity index (χ1) is 14.0. The summed E-state index contributed by atoms with van der Waals surface area (Å²) in [6.45, 7) is -0.406. The summed E-state index contributed by atoms with van der Waals surface area (Å²) >= 11 is 3.31. The van der Waals surface area contributed by atoms with Crippen LogP contribution >= 0.6 is 15.9 Å². The number of hydrogen-bond donors (Lipinski definition) is 1. The van der Waals surface area contributed by atoms with E-state index in [2.05, 4.69) is 36.5 Å². The van der Waals surface area contributed by atoms with Gasteiger partial charge in [0.2, 0.25) is 11.6 Å². The van der Waals surface area contributed by atoms with E-state index in [0.29, 0.717) is 21.7 Å². The van der Waals surface area contributed by atoms with Crippen LogP contribution in [0.15, 0.2) is 57.5 Å². The predicted octanol–water partition coefficient (Wildman–Crippen LogP) is 3.77. The zero-order valence-corrected chi connectivity index (χ0v) is 16.1. The number of aliphatic carboxylic acids is 1. The van der Waals surface area contributed by atoms with Crippen LogP contribution in [0, 0.1) is 5.82 Å². The Kier molecular flexibility index (Phi) is 5.04. The smallest absolute Gasteiger partial charge is 0.327 e. The number of carbonyl (C=O) groups is 1. The van der Waals surface area contributed by atoms with Gasteiger partial charge in [0.25, 0.3) is 0 Å². The molecule has 0 fully saturated rings. The molecule has 11 heteroatoms. The van der Waals surface area contributed by atoms with Gasteiger partial charge >= 0.3 is 5.97 Å². The van der Waals surface area contributed by atoms with Crippen molar-refractivity contribution in [1.82, 2.24) is 25.4 Å². The van der Waals surface area contributed by atoms with Crippen molar-refractivity contribution in [3.8, 4) is 34.3 Å². The fourth-order valence-electron chi connectivity index (χ4n) is 2.42. The van der Waals surface area contributed by atoms with Gasteiger partial charge in [-0.05, 0) is 57.5 Å². The molecule has 2 aromatic heterocycles. The SMILES string of the molecule is O=C(O)Cn1nnc(-c2cc(-c3ccc(Oc4cc(F)ccc4Br)cc3)no2)n1. The van der Waals surface area contributed by atoms with Gasteiger partial charge < -0.3 is 14.4 Å². The van der Waals surface area contributed by atoms with Gasteiger partial charge in [0.05, 0.1) is 4.47 Å². The number of tetrazole rings is 1. The van der Waals surface area contributed by atoms with Crippen molar-refractivity contribution in [2.24, 2.45) is 0 Å². The second-order valence-electron chi connectivity index (χ2n) is 5.81. The normalized spacial score (nSPS) is 10.8. The summed E-state index contributed by atoms with van der Waals surface area (Å²) in [6.07, 6.45) is 0. The Labute approximate surface area is 170 Å². The van der Waals surface area contributed by atoms with Crippen molar-refractivity contribution in [2.75, 3.05) is 0 Å². The Morgan fingerprint density at radius 2 is 2.00 bits per heavy atom. The summed E-state index contributed by atoms with van der Waals surface area (Å²) < 4.78 is 24.9. The van der Waals surface area contributed by atoms with Crippen molar-refractivity contribution < 1.29 is 23.6 Å². The predicted molar refractivity (Wildman–Crippen MR) is 101 cm³/mol. The average Bonchev–Trinajstić information content (AvgIpc) is 3.34. The highest BCUT2D eigenvalue weighted by atomic mass is 79.9. The van der Waals surface area contributed by atoms with Gasteiger partial charge in [-0.3, -0.25) is 4.79 Å². The van der Waals surface area contributed by atoms with Crippen LogP contribution < -0.4 is 4.74 Å². The molecular formula is C18H11BrFN5O4. The number of benzene rings is 2. The maximum atomic E-state index is 13.4. The van der Waals surface area contributed by atoms with E-state index < -0.39 is 18.3 Å². The fourth-order valence-corrected chi connectivity index (χ4v) is 2.75. The Balaban J connectivity index is 1.50. The highest BCUT2D eigenvalue weighted by Gasteiger charge is 2.15. The minimum absolute atomic E-state index is 0.126. The number of ether oxygens (including phenoxy) is 1. The van der Waals surface area contributed by atoms with Crippen molar-refractivity contribution >= 4 is 21.9 Å². The molecule has 0 aliphatic heterocycles. The summed E-state index contributed by atoms with van der Waals surface area (Å²) in [6, 6.07) is 12.7. The first-order valence-corrected chi connectivity index (χ1v) is 8.97. The molecule has 0 aliphatic rings. The summed E-state index contributed by atoms with van der Waals surface area (Å²) in [5, 5.41) is 24.0. The lowest BCUT2D eigenvalue weighted by Gasteiger charge is -2.08. The Morgan fingerprint density at radius 3 is 2.76 bits per heavy atom. The van der Waals surface area contributed by atoms with Gasteiger partial charge in [0, 0.05) is 17.7 Å². The van der Waals surface area contributed by atoms with Gasteiger partial charge in [-0.15, -0.1) is 10.2 Å².